The van der Waals surface area contributed by atoms with E-state index in [4.69, 9.17) is 10.2 Å². The van der Waals surface area contributed by atoms with Crippen molar-refractivity contribution >= 4 is 35.3 Å². The third kappa shape index (κ3) is 2.57. The van der Waals surface area contributed by atoms with Crippen molar-refractivity contribution < 1.29 is 4.42 Å². The molecule has 25 heavy (non-hydrogen) atoms. The molecule has 6 nitrogen and oxygen atoms in total. The Morgan fingerprint density at radius 1 is 1.20 bits per heavy atom. The van der Waals surface area contributed by atoms with E-state index in [1.165, 1.54) is 24.8 Å². The Morgan fingerprint density at radius 2 is 1.92 bits per heavy atom. The van der Waals surface area contributed by atoms with E-state index in [2.05, 4.69) is 34.0 Å². The van der Waals surface area contributed by atoms with Gasteiger partial charge in [0.2, 0.25) is 5.95 Å². The quantitative estimate of drug-likeness (QED) is 0.811. The summed E-state index contributed by atoms with van der Waals surface area (Å²) in [6.45, 7) is 6.46. The van der Waals surface area contributed by atoms with Gasteiger partial charge in [-0.3, -0.25) is 0 Å². The van der Waals surface area contributed by atoms with Crippen molar-refractivity contribution in [2.45, 2.75) is 63.5 Å². The molecule has 0 aromatic carbocycles. The zero-order valence-electron chi connectivity index (χ0n) is 14.8. The van der Waals surface area contributed by atoms with Gasteiger partial charge in [-0.25, -0.2) is 4.98 Å². The molecule has 3 N–H and O–H groups in total. The van der Waals surface area contributed by atoms with Crippen molar-refractivity contribution in [2.75, 3.05) is 23.7 Å². The normalized spacial score (nSPS) is 27.2. The zero-order valence-corrected chi connectivity index (χ0v) is 15.7. The summed E-state index contributed by atoms with van der Waals surface area (Å²) in [6.07, 6.45) is 5.83. The number of aryl methyl sites for hydroxylation is 1. The van der Waals surface area contributed by atoms with E-state index < -0.39 is 0 Å². The van der Waals surface area contributed by atoms with E-state index in [0.717, 1.165) is 48.6 Å². The maximum absolute atomic E-state index is 6.39. The fraction of sp³-hybridized carbons (Fsp3) is 0.667. The number of nitrogens with one attached hydrogen (secondary N) is 1. The van der Waals surface area contributed by atoms with Crippen molar-refractivity contribution in [3.05, 3.63) is 11.3 Å². The molecule has 2 fully saturated rings. The number of hydrogen-bond donors (Lipinski definition) is 2. The molecule has 2 saturated heterocycles. The molecular weight excluding hydrogens is 338 g/mol. The van der Waals surface area contributed by atoms with Crippen LogP contribution in [0, 0.1) is 0 Å². The van der Waals surface area contributed by atoms with Gasteiger partial charge in [-0.1, -0.05) is 13.8 Å². The molecule has 0 radical (unpaired) electrons. The molecule has 0 amide bonds. The first-order valence-electron chi connectivity index (χ1n) is 9.11. The molecule has 136 valence electrons. The van der Waals surface area contributed by atoms with E-state index in [-0.39, 0.29) is 17.8 Å². The minimum atomic E-state index is 0. The van der Waals surface area contributed by atoms with Crippen LogP contribution in [0.3, 0.4) is 0 Å². The lowest BCUT2D eigenvalue weighted by atomic mass is 9.77. The number of aromatic nitrogens is 2. The first kappa shape index (κ1) is 16.9. The van der Waals surface area contributed by atoms with E-state index in [0.29, 0.717) is 18.0 Å². The van der Waals surface area contributed by atoms with Crippen molar-refractivity contribution in [2.24, 2.45) is 0 Å². The third-order valence-corrected chi connectivity index (χ3v) is 5.99. The van der Waals surface area contributed by atoms with Gasteiger partial charge in [0.1, 0.15) is 11.3 Å². The molecule has 2 bridgehead atoms. The summed E-state index contributed by atoms with van der Waals surface area (Å²) in [4.78, 5) is 11.5. The lowest BCUT2D eigenvalue weighted by molar-refractivity contribution is 0.345. The molecule has 4 heterocycles. The number of nitrogens with zero attached hydrogens (tertiary/aromatic N) is 3. The van der Waals surface area contributed by atoms with E-state index >= 15 is 0 Å². The predicted octanol–water partition coefficient (Wildman–Crippen LogP) is 2.78. The van der Waals surface area contributed by atoms with Crippen LogP contribution in [0.25, 0.3) is 11.1 Å². The van der Waals surface area contributed by atoms with E-state index in [1.54, 1.807) is 0 Å². The van der Waals surface area contributed by atoms with Gasteiger partial charge in [0.05, 0.1) is 0 Å². The number of fused-ring (bicyclic) bond motifs is 5. The lowest BCUT2D eigenvalue weighted by Gasteiger charge is -2.33. The summed E-state index contributed by atoms with van der Waals surface area (Å²) in [5.41, 5.74) is 9.15. The molecule has 2 atom stereocenters. The van der Waals surface area contributed by atoms with Crippen LogP contribution in [0.1, 0.15) is 50.9 Å². The second kappa shape index (κ2) is 5.74. The average molecular weight is 364 g/mol. The molecular formula is C18H26ClN5O. The second-order valence-corrected chi connectivity index (χ2v) is 8.27. The van der Waals surface area contributed by atoms with Crippen LogP contribution in [0.4, 0.5) is 11.8 Å². The maximum atomic E-state index is 6.39. The highest BCUT2D eigenvalue weighted by Gasteiger charge is 2.37. The predicted molar refractivity (Wildman–Crippen MR) is 102 cm³/mol. The molecule has 5 rings (SSSR count). The lowest BCUT2D eigenvalue weighted by Crippen LogP contribution is -2.51. The first-order valence-corrected chi connectivity index (χ1v) is 9.11. The monoisotopic (exact) mass is 363 g/mol. The second-order valence-electron chi connectivity index (χ2n) is 8.27. The molecule has 0 spiro atoms. The number of furan rings is 1. The van der Waals surface area contributed by atoms with Crippen molar-refractivity contribution in [3.63, 3.8) is 0 Å². The average Bonchev–Trinajstić information content (AvgIpc) is 3.07. The van der Waals surface area contributed by atoms with Crippen LogP contribution in [0.2, 0.25) is 0 Å². The fourth-order valence-electron chi connectivity index (χ4n) is 4.81. The van der Waals surface area contributed by atoms with Crippen LogP contribution in [0.5, 0.6) is 0 Å². The zero-order chi connectivity index (χ0) is 16.5. The summed E-state index contributed by atoms with van der Waals surface area (Å²) in [5.74, 6) is 2.33. The topological polar surface area (TPSA) is 80.2 Å². The van der Waals surface area contributed by atoms with Gasteiger partial charge < -0.3 is 20.4 Å². The Labute approximate surface area is 154 Å². The Kier molecular flexibility index (Phi) is 3.88. The highest BCUT2D eigenvalue weighted by molar-refractivity contribution is 5.89. The smallest absolute Gasteiger partial charge is 0.222 e. The minimum absolute atomic E-state index is 0. The van der Waals surface area contributed by atoms with Crippen molar-refractivity contribution in [1.29, 1.82) is 0 Å². The largest absolute Gasteiger partial charge is 0.455 e. The van der Waals surface area contributed by atoms with E-state index in [9.17, 15) is 0 Å². The highest BCUT2D eigenvalue weighted by atomic mass is 35.5. The highest BCUT2D eigenvalue weighted by Crippen LogP contribution is 2.43. The molecule has 2 aromatic rings. The summed E-state index contributed by atoms with van der Waals surface area (Å²) in [6, 6.07) is 1.10. The van der Waals surface area contributed by atoms with Gasteiger partial charge in [0.25, 0.3) is 0 Å². The summed E-state index contributed by atoms with van der Waals surface area (Å²) >= 11 is 0. The van der Waals surface area contributed by atoms with Crippen molar-refractivity contribution in [3.8, 4) is 0 Å². The molecule has 2 unspecified atom stereocenters. The van der Waals surface area contributed by atoms with Gasteiger partial charge >= 0.3 is 0 Å². The maximum Gasteiger partial charge on any atom is 0.222 e. The number of anilines is 2. The van der Waals surface area contributed by atoms with Gasteiger partial charge in [-0.05, 0) is 32.1 Å². The van der Waals surface area contributed by atoms with Crippen LogP contribution >= 0.6 is 12.4 Å². The summed E-state index contributed by atoms with van der Waals surface area (Å²) < 4.78 is 6.39. The molecule has 2 aromatic heterocycles. The SMILES string of the molecule is CC1(C)CCCc2c1oc1c(N3CC4CCC(C3)N4)nc(N)nc21.Cl. The number of nitrogens with two attached hydrogens (primary N) is 1. The van der Waals surface area contributed by atoms with Gasteiger partial charge in [-0.2, -0.15) is 4.98 Å². The van der Waals surface area contributed by atoms with E-state index in [1.807, 2.05) is 0 Å². The Hall–Kier alpha value is -1.53. The summed E-state index contributed by atoms with van der Waals surface area (Å²) in [7, 11) is 0. The van der Waals surface area contributed by atoms with Crippen LogP contribution in [-0.2, 0) is 11.8 Å². The number of nitrogen functional groups attached to an aromatic ring is 1. The van der Waals surface area contributed by atoms with Gasteiger partial charge in [-0.15, -0.1) is 12.4 Å². The van der Waals surface area contributed by atoms with Gasteiger partial charge in [0.15, 0.2) is 11.4 Å². The molecule has 1 aliphatic carbocycles. The molecule has 3 aliphatic rings. The molecule has 2 aliphatic heterocycles. The Morgan fingerprint density at radius 3 is 2.64 bits per heavy atom. The Balaban J connectivity index is 0.00000157. The first-order chi connectivity index (χ1) is 11.5. The van der Waals surface area contributed by atoms with Crippen LogP contribution in [0.15, 0.2) is 4.42 Å². The molecule has 0 saturated carbocycles. The minimum Gasteiger partial charge on any atom is -0.455 e. The molecule has 7 heteroatoms. The van der Waals surface area contributed by atoms with Gasteiger partial charge in [0, 0.05) is 36.2 Å². The Bertz CT molecular complexity index is 805. The number of halogens is 1. The fourth-order valence-corrected chi connectivity index (χ4v) is 4.81. The third-order valence-electron chi connectivity index (χ3n) is 5.99. The number of hydrogen-bond acceptors (Lipinski definition) is 6. The number of rotatable bonds is 1. The number of piperazine rings is 1. The van der Waals surface area contributed by atoms with Crippen LogP contribution in [-0.4, -0.2) is 35.1 Å². The summed E-state index contributed by atoms with van der Waals surface area (Å²) in [5, 5.41) is 3.67. The van der Waals surface area contributed by atoms with Crippen LogP contribution < -0.4 is 16.0 Å². The van der Waals surface area contributed by atoms with Crippen molar-refractivity contribution in [1.82, 2.24) is 15.3 Å². The standard InChI is InChI=1S/C18H25N5O.ClH/c1-18(2)7-3-4-12-13-14(24-15(12)18)16(22-17(19)21-13)23-8-10-5-6-11(9-23)20-10;/h10-11,20H,3-9H2,1-2H3,(H2,19,21,22);1H.